The molecule has 0 bridgehead atoms. The summed E-state index contributed by atoms with van der Waals surface area (Å²) in [4.78, 5) is 9.67. The Labute approximate surface area is 240 Å². The molecule has 0 amide bonds. The fraction of sp³-hybridized carbons (Fsp3) is 0. The second-order valence-electron chi connectivity index (χ2n) is 10.6. The van der Waals surface area contributed by atoms with Gasteiger partial charge in [-0.15, -0.1) is 11.3 Å². The monoisotopic (exact) mass is 538 g/mol. The van der Waals surface area contributed by atoms with E-state index < -0.39 is 0 Å². The Morgan fingerprint density at radius 3 is 2.07 bits per heavy atom. The van der Waals surface area contributed by atoms with Crippen LogP contribution in [0, 0.1) is 0 Å². The number of nitrogens with zero attached hydrogens (tertiary/aromatic N) is 2. The highest BCUT2D eigenvalue weighted by Gasteiger charge is 2.14. The van der Waals surface area contributed by atoms with Crippen molar-refractivity contribution < 1.29 is 0 Å². The molecule has 0 spiro atoms. The Hall–Kier alpha value is -5.12. The van der Waals surface area contributed by atoms with Gasteiger partial charge in [0.25, 0.3) is 0 Å². The van der Waals surface area contributed by atoms with E-state index in [2.05, 4.69) is 126 Å². The molecule has 9 aromatic rings. The molecule has 2 nitrogen and oxygen atoms in total. The van der Waals surface area contributed by atoms with Crippen molar-refractivity contribution >= 4 is 74.9 Å². The van der Waals surface area contributed by atoms with Crippen LogP contribution in [-0.4, -0.2) is 9.97 Å². The standard InChI is InChI=1S/C38H22N2S/c1-2-9-30-28(7-1)32(22-27-17-19-31-29-8-3-4-10-34(29)41-38(31)35(27)30)23-11-13-24(14-12-23)33-20-18-26-16-15-25-6-5-21-39-36(25)37(26)40-33/h1-22H. The first-order valence-electron chi connectivity index (χ1n) is 13.8. The van der Waals surface area contributed by atoms with Gasteiger partial charge in [0.2, 0.25) is 0 Å². The van der Waals surface area contributed by atoms with Gasteiger partial charge in [0.1, 0.15) is 0 Å². The zero-order chi connectivity index (χ0) is 26.9. The molecular weight excluding hydrogens is 516 g/mol. The maximum absolute atomic E-state index is 5.05. The van der Waals surface area contributed by atoms with Crippen molar-refractivity contribution in [2.75, 3.05) is 0 Å². The molecule has 0 unspecified atom stereocenters. The lowest BCUT2D eigenvalue weighted by atomic mass is 9.92. The summed E-state index contributed by atoms with van der Waals surface area (Å²) in [5, 5.41) is 10.1. The normalized spacial score (nSPS) is 11.9. The van der Waals surface area contributed by atoms with Crippen LogP contribution in [-0.2, 0) is 0 Å². The molecule has 0 fully saturated rings. The van der Waals surface area contributed by atoms with E-state index in [1.165, 1.54) is 52.8 Å². The number of thiophene rings is 1. The van der Waals surface area contributed by atoms with Gasteiger partial charge in [-0.1, -0.05) is 103 Å². The van der Waals surface area contributed by atoms with Gasteiger partial charge >= 0.3 is 0 Å². The van der Waals surface area contributed by atoms with Crippen LogP contribution in [0.25, 0.3) is 85.9 Å². The Balaban J connectivity index is 1.21. The molecule has 0 aliphatic heterocycles. The van der Waals surface area contributed by atoms with E-state index in [4.69, 9.17) is 4.98 Å². The third-order valence-corrected chi connectivity index (χ3v) is 9.49. The number of fused-ring (bicyclic) bond motifs is 10. The molecule has 3 aromatic heterocycles. The summed E-state index contributed by atoms with van der Waals surface area (Å²) >= 11 is 1.90. The average Bonchev–Trinajstić information content (AvgIpc) is 3.43. The summed E-state index contributed by atoms with van der Waals surface area (Å²) in [7, 11) is 0. The smallest absolute Gasteiger partial charge is 0.0972 e. The third kappa shape index (κ3) is 3.43. The molecule has 0 radical (unpaired) electrons. The first-order chi connectivity index (χ1) is 20.3. The lowest BCUT2D eigenvalue weighted by molar-refractivity contribution is 1.37. The van der Waals surface area contributed by atoms with Gasteiger partial charge in [0.15, 0.2) is 0 Å². The molecule has 6 aromatic carbocycles. The quantitative estimate of drug-likeness (QED) is 0.205. The lowest BCUT2D eigenvalue weighted by Gasteiger charge is -2.13. The van der Waals surface area contributed by atoms with Crippen LogP contribution in [0.3, 0.4) is 0 Å². The van der Waals surface area contributed by atoms with Crippen molar-refractivity contribution in [1.82, 2.24) is 9.97 Å². The Kier molecular flexibility index (Phi) is 4.80. The highest BCUT2D eigenvalue weighted by Crippen LogP contribution is 2.43. The van der Waals surface area contributed by atoms with Gasteiger partial charge in [0.05, 0.1) is 16.7 Å². The minimum Gasteiger partial charge on any atom is -0.254 e. The third-order valence-electron chi connectivity index (χ3n) is 8.29. The summed E-state index contributed by atoms with van der Waals surface area (Å²) in [5.41, 5.74) is 6.40. The van der Waals surface area contributed by atoms with Gasteiger partial charge in [-0.2, -0.15) is 0 Å². The minimum atomic E-state index is 0.942. The van der Waals surface area contributed by atoms with Crippen LogP contribution in [0.1, 0.15) is 0 Å². The largest absolute Gasteiger partial charge is 0.254 e. The lowest BCUT2D eigenvalue weighted by Crippen LogP contribution is -1.89. The number of pyridine rings is 2. The highest BCUT2D eigenvalue weighted by molar-refractivity contribution is 7.26. The number of hydrogen-bond acceptors (Lipinski definition) is 3. The van der Waals surface area contributed by atoms with Crippen LogP contribution >= 0.6 is 11.3 Å². The van der Waals surface area contributed by atoms with E-state index >= 15 is 0 Å². The van der Waals surface area contributed by atoms with E-state index in [1.807, 2.05) is 23.6 Å². The van der Waals surface area contributed by atoms with Gasteiger partial charge < -0.3 is 0 Å². The summed E-state index contributed by atoms with van der Waals surface area (Å²) in [6.45, 7) is 0. The van der Waals surface area contributed by atoms with Crippen LogP contribution in [0.15, 0.2) is 134 Å². The van der Waals surface area contributed by atoms with Crippen molar-refractivity contribution in [2.24, 2.45) is 0 Å². The van der Waals surface area contributed by atoms with Gasteiger partial charge in [-0.25, -0.2) is 4.98 Å². The van der Waals surface area contributed by atoms with Gasteiger partial charge in [0, 0.05) is 48.1 Å². The molecule has 3 heteroatoms. The first kappa shape index (κ1) is 22.7. The van der Waals surface area contributed by atoms with Crippen molar-refractivity contribution in [3.8, 4) is 22.4 Å². The molecule has 41 heavy (non-hydrogen) atoms. The molecule has 190 valence electrons. The molecule has 9 rings (SSSR count). The second kappa shape index (κ2) is 8.69. The van der Waals surface area contributed by atoms with Gasteiger partial charge in [-0.3, -0.25) is 4.98 Å². The Morgan fingerprint density at radius 2 is 1.20 bits per heavy atom. The number of hydrogen-bond donors (Lipinski definition) is 0. The van der Waals surface area contributed by atoms with Crippen LogP contribution in [0.4, 0.5) is 0 Å². The summed E-state index contributed by atoms with van der Waals surface area (Å²) in [6.07, 6.45) is 1.84. The molecule has 0 saturated carbocycles. The zero-order valence-electron chi connectivity index (χ0n) is 22.0. The summed E-state index contributed by atoms with van der Waals surface area (Å²) < 4.78 is 2.70. The number of rotatable bonds is 2. The van der Waals surface area contributed by atoms with E-state index in [1.54, 1.807) is 0 Å². The first-order valence-corrected chi connectivity index (χ1v) is 14.6. The van der Waals surface area contributed by atoms with E-state index in [0.29, 0.717) is 0 Å². The number of benzene rings is 6. The minimum absolute atomic E-state index is 0.942. The fourth-order valence-electron chi connectivity index (χ4n) is 6.32. The molecular formula is C38H22N2S. The van der Waals surface area contributed by atoms with Crippen LogP contribution < -0.4 is 0 Å². The topological polar surface area (TPSA) is 25.8 Å². The molecule has 0 atom stereocenters. The predicted octanol–water partition coefficient (Wildman–Crippen LogP) is 10.8. The SMILES string of the molecule is c1cnc2c(c1)ccc1ccc(-c3ccc(-c4cc5ccc6c7ccccc7sc6c5c5ccccc45)cc3)nc12. The van der Waals surface area contributed by atoms with Crippen LogP contribution in [0.2, 0.25) is 0 Å². The van der Waals surface area contributed by atoms with E-state index in [-0.39, 0.29) is 0 Å². The van der Waals surface area contributed by atoms with Crippen molar-refractivity contribution in [3.63, 3.8) is 0 Å². The second-order valence-corrected chi connectivity index (χ2v) is 11.6. The Bertz CT molecular complexity index is 2470. The molecule has 0 aliphatic rings. The predicted molar refractivity (Wildman–Crippen MR) is 176 cm³/mol. The highest BCUT2D eigenvalue weighted by atomic mass is 32.1. The molecule has 0 saturated heterocycles. The van der Waals surface area contributed by atoms with Crippen LogP contribution in [0.5, 0.6) is 0 Å². The Morgan fingerprint density at radius 1 is 0.488 bits per heavy atom. The zero-order valence-corrected chi connectivity index (χ0v) is 22.8. The van der Waals surface area contributed by atoms with E-state index in [9.17, 15) is 0 Å². The summed E-state index contributed by atoms with van der Waals surface area (Å²) in [5.74, 6) is 0. The fourth-order valence-corrected chi connectivity index (χ4v) is 7.59. The number of aromatic nitrogens is 2. The van der Waals surface area contributed by atoms with Crippen molar-refractivity contribution in [3.05, 3.63) is 134 Å². The summed E-state index contributed by atoms with van der Waals surface area (Å²) in [6, 6.07) is 45.9. The molecule has 3 heterocycles. The average molecular weight is 539 g/mol. The molecule has 0 N–H and O–H groups in total. The van der Waals surface area contributed by atoms with Crippen molar-refractivity contribution in [1.29, 1.82) is 0 Å². The van der Waals surface area contributed by atoms with E-state index in [0.717, 1.165) is 33.1 Å². The maximum Gasteiger partial charge on any atom is 0.0972 e. The molecule has 0 aliphatic carbocycles. The van der Waals surface area contributed by atoms with Crippen molar-refractivity contribution in [2.45, 2.75) is 0 Å². The van der Waals surface area contributed by atoms with Gasteiger partial charge in [-0.05, 0) is 51.6 Å². The maximum atomic E-state index is 5.05.